The van der Waals surface area contributed by atoms with Crippen molar-refractivity contribution in [1.29, 1.82) is 0 Å². The van der Waals surface area contributed by atoms with Crippen molar-refractivity contribution in [3.05, 3.63) is 59.9 Å². The molecule has 0 atom stereocenters. The second-order valence-electron chi connectivity index (χ2n) is 5.61. The van der Waals surface area contributed by atoms with E-state index in [1.54, 1.807) is 43.8 Å². The number of aryl methyl sites for hydroxylation is 1. The smallest absolute Gasteiger partial charge is 0.226 e. The number of ether oxygens (including phenoxy) is 1. The molecule has 3 rings (SSSR count). The van der Waals surface area contributed by atoms with Crippen molar-refractivity contribution < 1.29 is 14.6 Å². The van der Waals surface area contributed by atoms with Crippen LogP contribution in [0.5, 0.6) is 11.5 Å². The first-order valence-corrected chi connectivity index (χ1v) is 8.39. The number of nitrogens with one attached hydrogen (secondary N) is 1. The maximum absolute atomic E-state index is 12.3. The molecule has 0 aliphatic heterocycles. The van der Waals surface area contributed by atoms with E-state index >= 15 is 0 Å². The van der Waals surface area contributed by atoms with Gasteiger partial charge in [0.1, 0.15) is 17.3 Å². The molecule has 0 saturated carbocycles. The summed E-state index contributed by atoms with van der Waals surface area (Å²) in [6.45, 7) is 0.453. The summed E-state index contributed by atoms with van der Waals surface area (Å²) in [4.78, 5) is 16.6. The van der Waals surface area contributed by atoms with Gasteiger partial charge in [0.2, 0.25) is 5.91 Å². The lowest BCUT2D eigenvalue weighted by Crippen LogP contribution is -2.15. The molecule has 0 aliphatic rings. The SMILES string of the molecule is COc1ccccc1NC(=O)CCn1ccnc1-c1ccc(O)c(Cl)c1. The number of methoxy groups -OCH3 is 1. The lowest BCUT2D eigenvalue weighted by Gasteiger charge is -2.11. The molecule has 1 aromatic heterocycles. The zero-order chi connectivity index (χ0) is 18.5. The second-order valence-corrected chi connectivity index (χ2v) is 6.02. The van der Waals surface area contributed by atoms with Crippen molar-refractivity contribution in [2.24, 2.45) is 0 Å². The van der Waals surface area contributed by atoms with E-state index in [-0.39, 0.29) is 23.1 Å². The normalized spacial score (nSPS) is 10.5. The van der Waals surface area contributed by atoms with Crippen molar-refractivity contribution >= 4 is 23.2 Å². The van der Waals surface area contributed by atoms with E-state index in [0.29, 0.717) is 23.8 Å². The van der Waals surface area contributed by atoms with E-state index in [1.807, 2.05) is 16.7 Å². The van der Waals surface area contributed by atoms with E-state index in [1.165, 1.54) is 6.07 Å². The summed E-state index contributed by atoms with van der Waals surface area (Å²) < 4.78 is 7.10. The maximum atomic E-state index is 12.3. The van der Waals surface area contributed by atoms with Crippen molar-refractivity contribution in [1.82, 2.24) is 9.55 Å². The Morgan fingerprint density at radius 2 is 2.12 bits per heavy atom. The number of carbonyl (C=O) groups excluding carboxylic acids is 1. The quantitative estimate of drug-likeness (QED) is 0.688. The van der Waals surface area contributed by atoms with Gasteiger partial charge >= 0.3 is 0 Å². The Hall–Kier alpha value is -2.99. The standard InChI is InChI=1S/C19H18ClN3O3/c1-26-17-5-3-2-4-15(17)22-18(25)8-10-23-11-9-21-19(23)13-6-7-16(24)14(20)12-13/h2-7,9,11-12,24H,8,10H2,1H3,(H,22,25). The first-order valence-electron chi connectivity index (χ1n) is 8.01. The van der Waals surface area contributed by atoms with Gasteiger partial charge in [-0.25, -0.2) is 4.98 Å². The van der Waals surface area contributed by atoms with Crippen LogP contribution < -0.4 is 10.1 Å². The Balaban J connectivity index is 1.68. The molecule has 1 amide bonds. The minimum atomic E-state index is -0.127. The van der Waals surface area contributed by atoms with Crippen LogP contribution in [0.2, 0.25) is 5.02 Å². The minimum absolute atomic E-state index is 0.0182. The van der Waals surface area contributed by atoms with E-state index in [2.05, 4.69) is 10.3 Å². The van der Waals surface area contributed by atoms with Gasteiger partial charge in [0.25, 0.3) is 0 Å². The number of phenols is 1. The Bertz CT molecular complexity index is 924. The van der Waals surface area contributed by atoms with E-state index < -0.39 is 0 Å². The van der Waals surface area contributed by atoms with E-state index in [9.17, 15) is 9.90 Å². The predicted molar refractivity (Wildman–Crippen MR) is 101 cm³/mol. The van der Waals surface area contributed by atoms with Crippen LogP contribution in [-0.4, -0.2) is 27.7 Å². The Labute approximate surface area is 156 Å². The second kappa shape index (κ2) is 7.93. The number of carbonyl (C=O) groups is 1. The Kier molecular flexibility index (Phi) is 5.43. The largest absolute Gasteiger partial charge is 0.506 e. The van der Waals surface area contributed by atoms with Crippen LogP contribution in [-0.2, 0) is 11.3 Å². The van der Waals surface area contributed by atoms with E-state index in [0.717, 1.165) is 5.56 Å². The minimum Gasteiger partial charge on any atom is -0.506 e. The number of halogens is 1. The third-order valence-corrected chi connectivity index (χ3v) is 4.18. The van der Waals surface area contributed by atoms with Crippen LogP contribution in [0.3, 0.4) is 0 Å². The van der Waals surface area contributed by atoms with Crippen molar-refractivity contribution in [2.75, 3.05) is 12.4 Å². The number of hydrogen-bond donors (Lipinski definition) is 2. The number of imidazole rings is 1. The van der Waals surface area contributed by atoms with Gasteiger partial charge in [-0.05, 0) is 30.3 Å². The summed E-state index contributed by atoms with van der Waals surface area (Å²) in [5.74, 6) is 1.18. The van der Waals surface area contributed by atoms with Crippen LogP contribution >= 0.6 is 11.6 Å². The molecule has 0 spiro atoms. The number of aromatic hydroxyl groups is 1. The molecule has 134 valence electrons. The molecule has 26 heavy (non-hydrogen) atoms. The predicted octanol–water partition coefficient (Wildman–Crippen LogP) is 3.95. The molecular weight excluding hydrogens is 354 g/mol. The average molecular weight is 372 g/mol. The van der Waals surface area contributed by atoms with Gasteiger partial charge in [-0.15, -0.1) is 0 Å². The van der Waals surface area contributed by atoms with Gasteiger partial charge in [0.15, 0.2) is 0 Å². The number of phenolic OH excluding ortho intramolecular Hbond substituents is 1. The topological polar surface area (TPSA) is 76.4 Å². The monoisotopic (exact) mass is 371 g/mol. The fourth-order valence-corrected chi connectivity index (χ4v) is 2.76. The number of rotatable bonds is 6. The molecule has 1 heterocycles. The van der Waals surface area contributed by atoms with Crippen LogP contribution in [0.25, 0.3) is 11.4 Å². The molecule has 2 N–H and O–H groups in total. The van der Waals surface area contributed by atoms with Crippen molar-refractivity contribution in [3.8, 4) is 22.9 Å². The van der Waals surface area contributed by atoms with Crippen LogP contribution in [0, 0.1) is 0 Å². The van der Waals surface area contributed by atoms with Gasteiger partial charge in [-0.1, -0.05) is 23.7 Å². The summed E-state index contributed by atoms with van der Waals surface area (Å²) in [6.07, 6.45) is 3.73. The molecule has 0 unspecified atom stereocenters. The van der Waals surface area contributed by atoms with Crippen molar-refractivity contribution in [2.45, 2.75) is 13.0 Å². The first kappa shape index (κ1) is 17.8. The zero-order valence-electron chi connectivity index (χ0n) is 14.1. The number of benzene rings is 2. The summed E-state index contributed by atoms with van der Waals surface area (Å²) in [5.41, 5.74) is 1.40. The van der Waals surface area contributed by atoms with Crippen LogP contribution in [0.4, 0.5) is 5.69 Å². The highest BCUT2D eigenvalue weighted by atomic mass is 35.5. The molecule has 0 bridgehead atoms. The molecule has 0 fully saturated rings. The summed E-state index contributed by atoms with van der Waals surface area (Å²) in [7, 11) is 1.56. The summed E-state index contributed by atoms with van der Waals surface area (Å²) in [6, 6.07) is 12.1. The molecule has 3 aromatic rings. The highest BCUT2D eigenvalue weighted by Crippen LogP contribution is 2.29. The fourth-order valence-electron chi connectivity index (χ4n) is 2.58. The molecule has 7 heteroatoms. The third-order valence-electron chi connectivity index (χ3n) is 3.88. The van der Waals surface area contributed by atoms with E-state index in [4.69, 9.17) is 16.3 Å². The molecular formula is C19H18ClN3O3. The number of aromatic nitrogens is 2. The van der Waals surface area contributed by atoms with Crippen LogP contribution in [0.15, 0.2) is 54.9 Å². The van der Waals surface area contributed by atoms with Gasteiger partial charge < -0.3 is 19.7 Å². The molecule has 0 aliphatic carbocycles. The number of para-hydroxylation sites is 2. The maximum Gasteiger partial charge on any atom is 0.226 e. The third kappa shape index (κ3) is 3.97. The zero-order valence-corrected chi connectivity index (χ0v) is 14.9. The molecule has 6 nitrogen and oxygen atoms in total. The number of nitrogens with zero attached hydrogens (tertiary/aromatic N) is 2. The summed E-state index contributed by atoms with van der Waals surface area (Å²) in [5, 5.41) is 12.7. The number of amides is 1. The highest BCUT2D eigenvalue weighted by Gasteiger charge is 2.11. The Morgan fingerprint density at radius 1 is 1.31 bits per heavy atom. The lowest BCUT2D eigenvalue weighted by atomic mass is 10.2. The van der Waals surface area contributed by atoms with Gasteiger partial charge in [-0.2, -0.15) is 0 Å². The summed E-state index contributed by atoms with van der Waals surface area (Å²) >= 11 is 5.97. The van der Waals surface area contributed by atoms with Gasteiger partial charge in [-0.3, -0.25) is 4.79 Å². The van der Waals surface area contributed by atoms with Gasteiger partial charge in [0, 0.05) is 30.9 Å². The Morgan fingerprint density at radius 3 is 2.88 bits per heavy atom. The highest BCUT2D eigenvalue weighted by molar-refractivity contribution is 6.32. The van der Waals surface area contributed by atoms with Crippen LogP contribution in [0.1, 0.15) is 6.42 Å². The van der Waals surface area contributed by atoms with Crippen molar-refractivity contribution in [3.63, 3.8) is 0 Å². The van der Waals surface area contributed by atoms with Gasteiger partial charge in [0.05, 0.1) is 17.8 Å². The first-order chi connectivity index (χ1) is 12.6. The number of anilines is 1. The molecule has 2 aromatic carbocycles. The lowest BCUT2D eigenvalue weighted by molar-refractivity contribution is -0.116. The molecule has 0 radical (unpaired) electrons. The average Bonchev–Trinajstić information content (AvgIpc) is 3.11. The fraction of sp³-hybridized carbons (Fsp3) is 0.158. The molecule has 0 saturated heterocycles. The number of hydrogen-bond acceptors (Lipinski definition) is 4.